The minimum Gasteiger partial charge on any atom is -0.466 e. The second-order valence-corrected chi connectivity index (χ2v) is 3.87. The molecule has 1 aromatic heterocycles. The fraction of sp³-hybridized carbons (Fsp3) is 0.400. The molecule has 2 aliphatic heterocycles. The number of fused-ring (bicyclic) bond motifs is 3. The van der Waals surface area contributed by atoms with Crippen LogP contribution in [0.15, 0.2) is 28.3 Å². The molecule has 2 aliphatic rings. The quantitative estimate of drug-likeness (QED) is 0.625. The topological polar surface area (TPSA) is 25.2 Å². The van der Waals surface area contributed by atoms with E-state index >= 15 is 0 Å². The summed E-state index contributed by atoms with van der Waals surface area (Å²) >= 11 is 0. The van der Waals surface area contributed by atoms with Crippen LogP contribution in [0.4, 0.5) is 0 Å². The Kier molecular flexibility index (Phi) is 0.932. The van der Waals surface area contributed by atoms with Gasteiger partial charge in [0.05, 0.1) is 5.54 Å². The van der Waals surface area contributed by atoms with Gasteiger partial charge < -0.3 is 9.73 Å². The Bertz CT molecular complexity index is 364. The molecule has 0 amide bonds. The van der Waals surface area contributed by atoms with Crippen LogP contribution in [0.5, 0.6) is 0 Å². The summed E-state index contributed by atoms with van der Waals surface area (Å²) in [6.45, 7) is 2.23. The number of rotatable bonds is 0. The lowest BCUT2D eigenvalue weighted by molar-refractivity contribution is 0.391. The predicted octanol–water partition coefficient (Wildman–Crippen LogP) is 1.62. The summed E-state index contributed by atoms with van der Waals surface area (Å²) in [7, 11) is 0. The van der Waals surface area contributed by atoms with Crippen LogP contribution in [0.3, 0.4) is 0 Å². The third kappa shape index (κ3) is 0.649. The summed E-state index contributed by atoms with van der Waals surface area (Å²) in [6.07, 6.45) is 4.06. The molecule has 2 nitrogen and oxygen atoms in total. The monoisotopic (exact) mass is 161 g/mol. The van der Waals surface area contributed by atoms with Crippen molar-refractivity contribution in [1.82, 2.24) is 5.32 Å². The van der Waals surface area contributed by atoms with Gasteiger partial charge in [0.1, 0.15) is 11.5 Å². The fourth-order valence-corrected chi connectivity index (χ4v) is 1.98. The minimum absolute atomic E-state index is 0.182. The number of nitrogens with one attached hydrogen (secondary N) is 1. The van der Waals surface area contributed by atoms with Crippen LogP contribution >= 0.6 is 0 Å². The van der Waals surface area contributed by atoms with Crippen LogP contribution in [0.2, 0.25) is 0 Å². The molecule has 0 spiro atoms. The molecule has 2 heteroatoms. The zero-order valence-corrected chi connectivity index (χ0v) is 7.05. The maximum atomic E-state index is 5.61. The predicted molar refractivity (Wildman–Crippen MR) is 45.7 cm³/mol. The highest BCUT2D eigenvalue weighted by atomic mass is 16.3. The van der Waals surface area contributed by atoms with Gasteiger partial charge in [0.15, 0.2) is 0 Å². The largest absolute Gasteiger partial charge is 0.466 e. The first-order valence-electron chi connectivity index (χ1n) is 4.31. The molecule has 0 aliphatic carbocycles. The first-order chi connectivity index (χ1) is 5.76. The van der Waals surface area contributed by atoms with E-state index in [0.29, 0.717) is 0 Å². The van der Waals surface area contributed by atoms with Crippen molar-refractivity contribution in [2.75, 3.05) is 0 Å². The van der Waals surface area contributed by atoms with Crippen LogP contribution in [0, 0.1) is 0 Å². The summed E-state index contributed by atoms with van der Waals surface area (Å²) in [5.41, 5.74) is 1.65. The Morgan fingerprint density at radius 3 is 3.00 bits per heavy atom. The lowest BCUT2D eigenvalue weighted by Crippen LogP contribution is -2.51. The van der Waals surface area contributed by atoms with Gasteiger partial charge in [0.2, 0.25) is 0 Å². The lowest BCUT2D eigenvalue weighted by atomic mass is 9.80. The highest BCUT2D eigenvalue weighted by molar-refractivity contribution is 5.36. The molecule has 62 valence electrons. The van der Waals surface area contributed by atoms with Gasteiger partial charge in [0.25, 0.3) is 0 Å². The van der Waals surface area contributed by atoms with Crippen LogP contribution in [0.1, 0.15) is 18.4 Å². The second-order valence-electron chi connectivity index (χ2n) is 3.87. The molecule has 0 fully saturated rings. The van der Waals surface area contributed by atoms with E-state index in [0.717, 1.165) is 24.4 Å². The first kappa shape index (κ1) is 6.35. The molecule has 1 N–H and O–H groups in total. The highest BCUT2D eigenvalue weighted by Gasteiger charge is 2.37. The van der Waals surface area contributed by atoms with Crippen molar-refractivity contribution >= 4 is 0 Å². The minimum atomic E-state index is 0.182. The maximum Gasteiger partial charge on any atom is 0.108 e. The number of hydrogen-bond acceptors (Lipinski definition) is 2. The Morgan fingerprint density at radius 2 is 2.25 bits per heavy atom. The second kappa shape index (κ2) is 1.76. The lowest BCUT2D eigenvalue weighted by Gasteiger charge is -2.39. The van der Waals surface area contributed by atoms with Crippen molar-refractivity contribution in [3.05, 3.63) is 35.4 Å². The van der Waals surface area contributed by atoms with Gasteiger partial charge in [-0.25, -0.2) is 0 Å². The summed E-state index contributed by atoms with van der Waals surface area (Å²) < 4.78 is 5.61. The zero-order chi connectivity index (χ0) is 8.18. The Labute approximate surface area is 71.3 Å². The normalized spacial score (nSPS) is 30.9. The molecule has 1 aromatic rings. The average molecular weight is 161 g/mol. The van der Waals surface area contributed by atoms with Crippen LogP contribution < -0.4 is 5.32 Å². The van der Waals surface area contributed by atoms with Crippen molar-refractivity contribution in [2.45, 2.75) is 25.3 Å². The van der Waals surface area contributed by atoms with E-state index in [1.807, 2.05) is 0 Å². The Morgan fingerprint density at radius 1 is 1.42 bits per heavy atom. The van der Waals surface area contributed by atoms with E-state index in [1.165, 1.54) is 5.57 Å². The van der Waals surface area contributed by atoms with Crippen LogP contribution in [-0.4, -0.2) is 5.54 Å². The van der Waals surface area contributed by atoms with Crippen molar-refractivity contribution in [3.63, 3.8) is 0 Å². The van der Waals surface area contributed by atoms with E-state index in [1.54, 1.807) is 0 Å². The molecule has 3 heterocycles. The summed E-state index contributed by atoms with van der Waals surface area (Å²) in [4.78, 5) is 0. The van der Waals surface area contributed by atoms with E-state index in [9.17, 15) is 0 Å². The SMILES string of the molecule is CC12Cc3ccc(o3)CC1=CN2. The molecule has 0 saturated carbocycles. The molecular formula is C10H11NO. The summed E-state index contributed by atoms with van der Waals surface area (Å²) in [5.74, 6) is 2.20. The maximum absolute atomic E-state index is 5.61. The molecule has 0 radical (unpaired) electrons. The first-order valence-corrected chi connectivity index (χ1v) is 4.31. The molecule has 1 unspecified atom stereocenters. The third-order valence-electron chi connectivity index (χ3n) is 2.88. The highest BCUT2D eigenvalue weighted by Crippen LogP contribution is 2.34. The van der Waals surface area contributed by atoms with Crippen molar-refractivity contribution in [3.8, 4) is 0 Å². The number of hydrogen-bond donors (Lipinski definition) is 1. The van der Waals surface area contributed by atoms with Crippen molar-refractivity contribution < 1.29 is 4.42 Å². The smallest absolute Gasteiger partial charge is 0.108 e. The van der Waals surface area contributed by atoms with Gasteiger partial charge in [-0.3, -0.25) is 0 Å². The molecule has 1 atom stereocenters. The third-order valence-corrected chi connectivity index (χ3v) is 2.88. The van der Waals surface area contributed by atoms with Crippen molar-refractivity contribution in [1.29, 1.82) is 0 Å². The molecule has 0 aromatic carbocycles. The van der Waals surface area contributed by atoms with Crippen LogP contribution in [0.25, 0.3) is 0 Å². The molecule has 2 bridgehead atoms. The average Bonchev–Trinajstić information content (AvgIpc) is 2.43. The van der Waals surface area contributed by atoms with Crippen LogP contribution in [-0.2, 0) is 12.8 Å². The van der Waals surface area contributed by atoms with E-state index in [-0.39, 0.29) is 5.54 Å². The van der Waals surface area contributed by atoms with E-state index in [2.05, 4.69) is 30.6 Å². The fourth-order valence-electron chi connectivity index (χ4n) is 1.98. The van der Waals surface area contributed by atoms with Gasteiger partial charge in [-0.05, 0) is 30.8 Å². The molecule has 3 rings (SSSR count). The molecule has 0 saturated heterocycles. The van der Waals surface area contributed by atoms with E-state index < -0.39 is 0 Å². The molecular weight excluding hydrogens is 150 g/mol. The van der Waals surface area contributed by atoms with Gasteiger partial charge in [-0.15, -0.1) is 0 Å². The van der Waals surface area contributed by atoms with Gasteiger partial charge in [-0.2, -0.15) is 0 Å². The van der Waals surface area contributed by atoms with Crippen molar-refractivity contribution in [2.24, 2.45) is 0 Å². The Balaban J connectivity index is 2.11. The van der Waals surface area contributed by atoms with Gasteiger partial charge in [-0.1, -0.05) is 0 Å². The summed E-state index contributed by atoms with van der Waals surface area (Å²) in [6, 6.07) is 4.16. The Hall–Kier alpha value is -1.18. The van der Waals surface area contributed by atoms with Gasteiger partial charge in [0, 0.05) is 12.8 Å². The van der Waals surface area contributed by atoms with E-state index in [4.69, 9.17) is 4.42 Å². The number of furan rings is 1. The molecule has 12 heavy (non-hydrogen) atoms. The zero-order valence-electron chi connectivity index (χ0n) is 7.05. The van der Waals surface area contributed by atoms with Gasteiger partial charge >= 0.3 is 0 Å². The summed E-state index contributed by atoms with van der Waals surface area (Å²) in [5, 5.41) is 3.34. The standard InChI is InChI=1S/C10H11NO/c1-10-5-9-3-2-8(12-9)4-7(10)6-11-10/h2-3,6,11H,4-5H2,1H3.